The molecule has 1 saturated heterocycles. The van der Waals surface area contributed by atoms with E-state index in [0.29, 0.717) is 9.87 Å². The van der Waals surface area contributed by atoms with E-state index in [9.17, 15) is 17.8 Å². The van der Waals surface area contributed by atoms with E-state index in [4.69, 9.17) is 18.0 Å². The van der Waals surface area contributed by atoms with Crippen molar-refractivity contribution in [3.63, 3.8) is 0 Å². The van der Waals surface area contributed by atoms with Gasteiger partial charge in [-0.3, -0.25) is 4.57 Å². The minimum atomic E-state index is -4.60. The van der Waals surface area contributed by atoms with Gasteiger partial charge in [-0.1, -0.05) is 30.3 Å². The van der Waals surface area contributed by atoms with Crippen LogP contribution in [0.3, 0.4) is 0 Å². The zero-order valence-corrected chi connectivity index (χ0v) is 18.2. The van der Waals surface area contributed by atoms with Crippen molar-refractivity contribution in [1.29, 1.82) is 0 Å². The third-order valence-electron chi connectivity index (χ3n) is 3.63. The second kappa shape index (κ2) is 8.51. The molecular weight excluding hydrogens is 409 g/mol. The third-order valence-corrected chi connectivity index (χ3v) is 7.33. The first-order chi connectivity index (χ1) is 12.9. The number of ether oxygens (including phenoxy) is 1. The number of carbonyl (C=O) groups excluding carboxylic acids is 1. The standard InChI is InChI=1S/C17H26NO8PS/c1-6-23-27(20,24-7-2)15-14(13-11-9-8-10-12-13)18(28(21,22)26-15)16(19)25-17(3,4)5/h8-12,14-15H,6-7H2,1-5H3/t14-,15+/m0/s1. The molecule has 1 aromatic rings. The maximum absolute atomic E-state index is 13.3. The van der Waals surface area contributed by atoms with Crippen LogP contribution in [0.25, 0.3) is 0 Å². The van der Waals surface area contributed by atoms with Crippen LogP contribution in [0.2, 0.25) is 0 Å². The number of nitrogens with zero attached hydrogens (tertiary/aromatic N) is 1. The summed E-state index contributed by atoms with van der Waals surface area (Å²) in [5, 5.41) is 0. The van der Waals surface area contributed by atoms with Crippen LogP contribution in [0.5, 0.6) is 0 Å². The first-order valence-corrected chi connectivity index (χ1v) is 11.8. The van der Waals surface area contributed by atoms with Crippen LogP contribution in [0.4, 0.5) is 4.79 Å². The van der Waals surface area contributed by atoms with E-state index in [2.05, 4.69) is 0 Å². The van der Waals surface area contributed by atoms with Gasteiger partial charge in [0, 0.05) is 0 Å². The van der Waals surface area contributed by atoms with Crippen LogP contribution < -0.4 is 0 Å². The Kier molecular flexibility index (Phi) is 6.94. The molecule has 2 rings (SSSR count). The maximum Gasteiger partial charge on any atom is 0.426 e. The van der Waals surface area contributed by atoms with Gasteiger partial charge < -0.3 is 13.8 Å². The molecular formula is C17H26NO8PS. The summed E-state index contributed by atoms with van der Waals surface area (Å²) in [5.74, 6) is -1.56. The lowest BCUT2D eigenvalue weighted by molar-refractivity contribution is 0.0343. The highest BCUT2D eigenvalue weighted by molar-refractivity contribution is 7.85. The summed E-state index contributed by atoms with van der Waals surface area (Å²) >= 11 is 0. The molecule has 9 nitrogen and oxygen atoms in total. The van der Waals surface area contributed by atoms with Gasteiger partial charge in [-0.2, -0.15) is 12.7 Å². The number of rotatable bonds is 6. The third kappa shape index (κ3) is 4.93. The summed E-state index contributed by atoms with van der Waals surface area (Å²) in [6.07, 6.45) is -1.14. The Labute approximate surface area is 165 Å². The Balaban J connectivity index is 2.60. The van der Waals surface area contributed by atoms with E-state index in [-0.39, 0.29) is 13.2 Å². The van der Waals surface area contributed by atoms with E-state index >= 15 is 0 Å². The van der Waals surface area contributed by atoms with E-state index in [0.717, 1.165) is 0 Å². The van der Waals surface area contributed by atoms with E-state index in [1.807, 2.05) is 0 Å². The van der Waals surface area contributed by atoms with Gasteiger partial charge in [-0.15, -0.1) is 0 Å². The largest absolute Gasteiger partial charge is 0.443 e. The fourth-order valence-electron chi connectivity index (χ4n) is 2.71. The van der Waals surface area contributed by atoms with Gasteiger partial charge in [0.15, 0.2) is 0 Å². The van der Waals surface area contributed by atoms with Crippen LogP contribution in [-0.4, -0.2) is 43.5 Å². The summed E-state index contributed by atoms with van der Waals surface area (Å²) in [6, 6.07) is 6.98. The lowest BCUT2D eigenvalue weighted by atomic mass is 10.1. The lowest BCUT2D eigenvalue weighted by Gasteiger charge is -2.29. The Morgan fingerprint density at radius 1 is 1.14 bits per heavy atom. The normalized spacial score (nSPS) is 22.2. The second-order valence-corrected chi connectivity index (χ2v) is 10.5. The highest BCUT2D eigenvalue weighted by Crippen LogP contribution is 2.61. The number of hydrogen-bond donors (Lipinski definition) is 0. The molecule has 0 unspecified atom stereocenters. The second-order valence-electron chi connectivity index (χ2n) is 6.95. The molecule has 1 aromatic carbocycles. The molecule has 1 heterocycles. The molecule has 158 valence electrons. The van der Waals surface area contributed by atoms with Crippen molar-refractivity contribution in [3.8, 4) is 0 Å². The predicted molar refractivity (Wildman–Crippen MR) is 102 cm³/mol. The van der Waals surface area contributed by atoms with Crippen LogP contribution in [0, 0.1) is 0 Å². The van der Waals surface area contributed by atoms with Crippen molar-refractivity contribution < 1.29 is 35.7 Å². The number of carbonyl (C=O) groups is 1. The molecule has 0 bridgehead atoms. The van der Waals surface area contributed by atoms with Crippen LogP contribution in [0.15, 0.2) is 30.3 Å². The summed E-state index contributed by atoms with van der Waals surface area (Å²) in [6.45, 7) is 8.02. The van der Waals surface area contributed by atoms with Gasteiger partial charge in [0.25, 0.3) is 0 Å². The molecule has 2 atom stereocenters. The Morgan fingerprint density at radius 2 is 1.68 bits per heavy atom. The van der Waals surface area contributed by atoms with Crippen LogP contribution in [-0.2, 0) is 32.8 Å². The highest BCUT2D eigenvalue weighted by Gasteiger charge is 2.59. The molecule has 0 N–H and O–H groups in total. The Bertz CT molecular complexity index is 826. The minimum absolute atomic E-state index is 0.00509. The summed E-state index contributed by atoms with van der Waals surface area (Å²) in [7, 11) is -8.65. The molecule has 1 aliphatic rings. The smallest absolute Gasteiger partial charge is 0.426 e. The Morgan fingerprint density at radius 3 is 2.14 bits per heavy atom. The van der Waals surface area contributed by atoms with Crippen molar-refractivity contribution in [2.24, 2.45) is 0 Å². The molecule has 0 aromatic heterocycles. The van der Waals surface area contributed by atoms with Crippen LogP contribution >= 0.6 is 7.60 Å². The van der Waals surface area contributed by atoms with Gasteiger partial charge in [-0.25, -0.2) is 8.98 Å². The van der Waals surface area contributed by atoms with E-state index in [1.54, 1.807) is 65.0 Å². The van der Waals surface area contributed by atoms with Gasteiger partial charge in [0.1, 0.15) is 11.6 Å². The molecule has 0 saturated carbocycles. The summed E-state index contributed by atoms with van der Waals surface area (Å²) < 4.78 is 60.2. The first kappa shape index (κ1) is 22.8. The molecule has 1 amide bonds. The van der Waals surface area contributed by atoms with Crippen molar-refractivity contribution in [3.05, 3.63) is 35.9 Å². The molecule has 28 heavy (non-hydrogen) atoms. The van der Waals surface area contributed by atoms with Gasteiger partial charge in [-0.05, 0) is 40.2 Å². The van der Waals surface area contributed by atoms with Crippen molar-refractivity contribution in [2.45, 2.75) is 52.1 Å². The zero-order chi connectivity index (χ0) is 21.2. The van der Waals surface area contributed by atoms with Crippen molar-refractivity contribution in [2.75, 3.05) is 13.2 Å². The fraction of sp³-hybridized carbons (Fsp3) is 0.588. The molecule has 0 spiro atoms. The first-order valence-electron chi connectivity index (χ1n) is 8.84. The summed E-state index contributed by atoms with van der Waals surface area (Å²) in [5.41, 5.74) is -0.561. The van der Waals surface area contributed by atoms with Crippen molar-refractivity contribution in [1.82, 2.24) is 4.31 Å². The minimum Gasteiger partial charge on any atom is -0.443 e. The predicted octanol–water partition coefficient (Wildman–Crippen LogP) is 3.83. The van der Waals surface area contributed by atoms with Crippen molar-refractivity contribution >= 4 is 24.0 Å². The fourth-order valence-corrected chi connectivity index (χ4v) is 6.47. The topological polar surface area (TPSA) is 108 Å². The Hall–Kier alpha value is -1.45. The van der Waals surface area contributed by atoms with E-state index in [1.165, 1.54) is 0 Å². The monoisotopic (exact) mass is 435 g/mol. The zero-order valence-electron chi connectivity index (χ0n) is 16.5. The number of benzene rings is 1. The highest BCUT2D eigenvalue weighted by atomic mass is 32.2. The SMILES string of the molecule is CCOP(=O)(OCC)[C@H]1OS(=O)(=O)N(C(=O)OC(C)(C)C)[C@H]1c1ccccc1. The molecule has 11 heteroatoms. The quantitative estimate of drug-likeness (QED) is 0.620. The van der Waals surface area contributed by atoms with Gasteiger partial charge >= 0.3 is 24.0 Å². The number of amides is 1. The maximum atomic E-state index is 13.3. The molecule has 1 aliphatic heterocycles. The average Bonchev–Trinajstić information content (AvgIpc) is 2.87. The molecule has 0 radical (unpaired) electrons. The van der Waals surface area contributed by atoms with Gasteiger partial charge in [0.05, 0.1) is 13.2 Å². The van der Waals surface area contributed by atoms with E-state index < -0.39 is 41.5 Å². The van der Waals surface area contributed by atoms with Crippen LogP contribution in [0.1, 0.15) is 46.2 Å². The lowest BCUT2D eigenvalue weighted by Crippen LogP contribution is -2.40. The summed E-state index contributed by atoms with van der Waals surface area (Å²) in [4.78, 5) is 12.7. The number of hydrogen-bond acceptors (Lipinski definition) is 8. The molecule has 1 fully saturated rings. The van der Waals surface area contributed by atoms with Gasteiger partial charge in [0.2, 0.25) is 5.85 Å². The average molecular weight is 435 g/mol. The molecule has 0 aliphatic carbocycles.